The lowest BCUT2D eigenvalue weighted by molar-refractivity contribution is -0.110. The van der Waals surface area contributed by atoms with Crippen molar-refractivity contribution >= 4 is 0 Å². The Kier molecular flexibility index (Phi) is 5.70. The molecule has 0 radical (unpaired) electrons. The van der Waals surface area contributed by atoms with Crippen LogP contribution in [0.15, 0.2) is 0 Å². The monoisotopic (exact) mass is 267 g/mol. The van der Waals surface area contributed by atoms with Crippen molar-refractivity contribution in [2.45, 2.75) is 96.2 Å². The molecule has 1 saturated carbocycles. The maximum atomic E-state index is 6.18. The highest BCUT2D eigenvalue weighted by Crippen LogP contribution is 2.38. The molecule has 2 heteroatoms. The van der Waals surface area contributed by atoms with Crippen LogP contribution in [0.3, 0.4) is 0 Å². The van der Waals surface area contributed by atoms with E-state index in [-0.39, 0.29) is 5.60 Å². The molecule has 1 aliphatic heterocycles. The minimum absolute atomic E-state index is 0.242. The van der Waals surface area contributed by atoms with Gasteiger partial charge in [-0.25, -0.2) is 0 Å². The molecule has 2 fully saturated rings. The summed E-state index contributed by atoms with van der Waals surface area (Å²) in [5, 5.41) is 3.87. The van der Waals surface area contributed by atoms with Gasteiger partial charge in [0.2, 0.25) is 0 Å². The van der Waals surface area contributed by atoms with Gasteiger partial charge >= 0.3 is 0 Å². The van der Waals surface area contributed by atoms with E-state index in [0.717, 1.165) is 12.5 Å². The van der Waals surface area contributed by atoms with Crippen LogP contribution in [0, 0.1) is 5.92 Å². The molecule has 19 heavy (non-hydrogen) atoms. The predicted molar refractivity (Wildman–Crippen MR) is 81.5 cm³/mol. The summed E-state index contributed by atoms with van der Waals surface area (Å²) in [5.74, 6) is 0.823. The Morgan fingerprint density at radius 3 is 2.53 bits per heavy atom. The van der Waals surface area contributed by atoms with Gasteiger partial charge in [-0.2, -0.15) is 0 Å². The zero-order valence-electron chi connectivity index (χ0n) is 13.2. The first-order valence-corrected chi connectivity index (χ1v) is 8.50. The Morgan fingerprint density at radius 1 is 1.11 bits per heavy atom. The van der Waals surface area contributed by atoms with Gasteiger partial charge < -0.3 is 10.1 Å². The normalized spacial score (nSPS) is 28.7. The Morgan fingerprint density at radius 2 is 1.84 bits per heavy atom. The third-order valence-corrected chi connectivity index (χ3v) is 4.96. The summed E-state index contributed by atoms with van der Waals surface area (Å²) in [6.45, 7) is 7.95. The van der Waals surface area contributed by atoms with E-state index in [1.54, 1.807) is 0 Å². The second-order valence-electron chi connectivity index (χ2n) is 7.32. The molecule has 112 valence electrons. The Hall–Kier alpha value is -0.0800. The van der Waals surface area contributed by atoms with Crippen LogP contribution in [0.5, 0.6) is 0 Å². The van der Waals surface area contributed by atoms with Crippen LogP contribution in [-0.4, -0.2) is 24.3 Å². The second kappa shape index (κ2) is 7.08. The van der Waals surface area contributed by atoms with E-state index in [4.69, 9.17) is 4.74 Å². The van der Waals surface area contributed by atoms with Crippen molar-refractivity contribution in [2.24, 2.45) is 5.92 Å². The lowest BCUT2D eigenvalue weighted by Gasteiger charge is -2.44. The van der Waals surface area contributed by atoms with Crippen molar-refractivity contribution in [3.8, 4) is 0 Å². The largest absolute Gasteiger partial charge is 0.375 e. The molecule has 2 aliphatic rings. The van der Waals surface area contributed by atoms with Gasteiger partial charge in [0.05, 0.1) is 5.60 Å². The molecule has 1 aliphatic carbocycles. The minimum atomic E-state index is 0.242. The van der Waals surface area contributed by atoms with Crippen molar-refractivity contribution in [1.82, 2.24) is 5.32 Å². The quantitative estimate of drug-likeness (QED) is 0.802. The molecular weight excluding hydrogens is 234 g/mol. The van der Waals surface area contributed by atoms with Crippen LogP contribution in [-0.2, 0) is 4.74 Å². The fourth-order valence-corrected chi connectivity index (χ4v) is 3.78. The third kappa shape index (κ3) is 4.75. The van der Waals surface area contributed by atoms with Gasteiger partial charge in [-0.15, -0.1) is 0 Å². The van der Waals surface area contributed by atoms with Crippen LogP contribution in [0.4, 0.5) is 0 Å². The lowest BCUT2D eigenvalue weighted by atomic mass is 9.78. The Balaban J connectivity index is 1.77. The van der Waals surface area contributed by atoms with E-state index in [1.807, 2.05) is 0 Å². The van der Waals surface area contributed by atoms with Crippen molar-refractivity contribution in [3.63, 3.8) is 0 Å². The molecule has 2 atom stereocenters. The number of hydrogen-bond acceptors (Lipinski definition) is 2. The standard InChI is InChI=1S/C17H33NO/c1-14(2)7-8-15(3)18-16-9-12-19-17(13-16)10-5-4-6-11-17/h14-16,18H,4-13H2,1-3H3. The summed E-state index contributed by atoms with van der Waals surface area (Å²) in [5.41, 5.74) is 0.242. The van der Waals surface area contributed by atoms with E-state index >= 15 is 0 Å². The molecule has 0 aromatic heterocycles. The third-order valence-electron chi connectivity index (χ3n) is 4.96. The molecule has 1 N–H and O–H groups in total. The van der Waals surface area contributed by atoms with Crippen LogP contribution >= 0.6 is 0 Å². The lowest BCUT2D eigenvalue weighted by Crippen LogP contribution is -2.50. The highest BCUT2D eigenvalue weighted by atomic mass is 16.5. The van der Waals surface area contributed by atoms with Gasteiger partial charge in [0.25, 0.3) is 0 Å². The van der Waals surface area contributed by atoms with Crippen LogP contribution in [0.1, 0.15) is 78.6 Å². The molecule has 0 aromatic rings. The second-order valence-corrected chi connectivity index (χ2v) is 7.32. The van der Waals surface area contributed by atoms with E-state index in [0.29, 0.717) is 12.1 Å². The van der Waals surface area contributed by atoms with Gasteiger partial charge in [0, 0.05) is 18.7 Å². The molecule has 1 saturated heterocycles. The zero-order valence-corrected chi connectivity index (χ0v) is 13.2. The van der Waals surface area contributed by atoms with E-state index < -0.39 is 0 Å². The van der Waals surface area contributed by atoms with Crippen LogP contribution in [0.2, 0.25) is 0 Å². The average Bonchev–Trinajstić information content (AvgIpc) is 2.37. The van der Waals surface area contributed by atoms with Crippen molar-refractivity contribution in [3.05, 3.63) is 0 Å². The number of ether oxygens (including phenoxy) is 1. The van der Waals surface area contributed by atoms with Crippen molar-refractivity contribution in [1.29, 1.82) is 0 Å². The van der Waals surface area contributed by atoms with Gasteiger partial charge in [-0.05, 0) is 51.4 Å². The van der Waals surface area contributed by atoms with Crippen molar-refractivity contribution in [2.75, 3.05) is 6.61 Å². The molecule has 1 heterocycles. The van der Waals surface area contributed by atoms with E-state index in [9.17, 15) is 0 Å². The molecule has 2 unspecified atom stereocenters. The van der Waals surface area contributed by atoms with Crippen LogP contribution < -0.4 is 5.32 Å². The van der Waals surface area contributed by atoms with Gasteiger partial charge in [0.1, 0.15) is 0 Å². The topological polar surface area (TPSA) is 21.3 Å². The van der Waals surface area contributed by atoms with E-state index in [2.05, 4.69) is 26.1 Å². The zero-order chi connectivity index (χ0) is 13.7. The summed E-state index contributed by atoms with van der Waals surface area (Å²) in [6.07, 6.45) is 11.8. The highest BCUT2D eigenvalue weighted by Gasteiger charge is 2.38. The fraction of sp³-hybridized carbons (Fsp3) is 1.00. The number of hydrogen-bond donors (Lipinski definition) is 1. The summed E-state index contributed by atoms with van der Waals surface area (Å²) < 4.78 is 6.18. The maximum absolute atomic E-state index is 6.18. The van der Waals surface area contributed by atoms with Crippen LogP contribution in [0.25, 0.3) is 0 Å². The van der Waals surface area contributed by atoms with E-state index in [1.165, 1.54) is 57.8 Å². The number of nitrogens with one attached hydrogen (secondary N) is 1. The Labute approximate surface area is 119 Å². The van der Waals surface area contributed by atoms with Gasteiger partial charge in [-0.1, -0.05) is 33.1 Å². The summed E-state index contributed by atoms with van der Waals surface area (Å²) in [7, 11) is 0. The summed E-state index contributed by atoms with van der Waals surface area (Å²) >= 11 is 0. The molecule has 1 spiro atoms. The maximum Gasteiger partial charge on any atom is 0.0697 e. The van der Waals surface area contributed by atoms with Crippen molar-refractivity contribution < 1.29 is 4.74 Å². The smallest absolute Gasteiger partial charge is 0.0697 e. The first-order chi connectivity index (χ1) is 9.10. The average molecular weight is 267 g/mol. The fourth-order valence-electron chi connectivity index (χ4n) is 3.78. The predicted octanol–water partition coefficient (Wildman–Crippen LogP) is 4.28. The molecule has 0 amide bonds. The summed E-state index contributed by atoms with van der Waals surface area (Å²) in [6, 6.07) is 1.35. The Bertz CT molecular complexity index is 252. The number of rotatable bonds is 5. The summed E-state index contributed by atoms with van der Waals surface area (Å²) in [4.78, 5) is 0. The molecule has 2 nitrogen and oxygen atoms in total. The first-order valence-electron chi connectivity index (χ1n) is 8.50. The molecule has 0 aromatic carbocycles. The molecule has 0 bridgehead atoms. The first kappa shape index (κ1) is 15.3. The minimum Gasteiger partial charge on any atom is -0.375 e. The van der Waals surface area contributed by atoms with Gasteiger partial charge in [0.15, 0.2) is 0 Å². The highest BCUT2D eigenvalue weighted by molar-refractivity contribution is 4.92. The SMILES string of the molecule is CC(C)CCC(C)NC1CCOC2(CCCCC2)C1. The molecular formula is C17H33NO. The molecule has 2 rings (SSSR count). The van der Waals surface area contributed by atoms with Gasteiger partial charge in [-0.3, -0.25) is 0 Å².